The number of sulfonamides is 1. The number of nitrogens with one attached hydrogen (secondary N) is 1. The largest absolute Gasteiger partial charge is 0.367 e. The molecular weight excluding hydrogens is 278 g/mol. The minimum atomic E-state index is -3.74. The standard InChI is InChI=1S/C12H17N5O2S/c1-9-6-16(3-2-15-9)11-4-10(20(13,18)19)7-17-8-14-5-12(11)17/h4-5,7-9,15H,2-3,6H2,1H3,(H2,13,18,19)/t9-/m0/s1. The lowest BCUT2D eigenvalue weighted by molar-refractivity contribution is 0.485. The van der Waals surface area contributed by atoms with Crippen LogP contribution >= 0.6 is 0 Å². The van der Waals surface area contributed by atoms with Crippen molar-refractivity contribution in [2.45, 2.75) is 17.9 Å². The van der Waals surface area contributed by atoms with E-state index in [0.717, 1.165) is 30.8 Å². The number of aromatic nitrogens is 2. The quantitative estimate of drug-likeness (QED) is 0.799. The molecule has 0 aliphatic carbocycles. The molecule has 0 radical (unpaired) electrons. The number of rotatable bonds is 2. The van der Waals surface area contributed by atoms with Crippen molar-refractivity contribution in [2.24, 2.45) is 5.14 Å². The van der Waals surface area contributed by atoms with E-state index >= 15 is 0 Å². The fraction of sp³-hybridized carbons (Fsp3) is 0.417. The predicted octanol–water partition coefficient (Wildman–Crippen LogP) is -0.220. The van der Waals surface area contributed by atoms with Crippen LogP contribution in [0.5, 0.6) is 0 Å². The van der Waals surface area contributed by atoms with Gasteiger partial charge in [0, 0.05) is 31.9 Å². The molecule has 1 fully saturated rings. The Hall–Kier alpha value is -1.64. The molecule has 1 atom stereocenters. The fourth-order valence-corrected chi connectivity index (χ4v) is 3.09. The molecule has 8 heteroatoms. The van der Waals surface area contributed by atoms with E-state index < -0.39 is 10.0 Å². The number of imidazole rings is 1. The smallest absolute Gasteiger partial charge is 0.239 e. The van der Waals surface area contributed by atoms with Crippen LogP contribution < -0.4 is 15.4 Å². The molecule has 0 saturated carbocycles. The van der Waals surface area contributed by atoms with Gasteiger partial charge in [0.05, 0.1) is 23.7 Å². The summed E-state index contributed by atoms with van der Waals surface area (Å²) in [7, 11) is -3.74. The van der Waals surface area contributed by atoms with Crippen LogP contribution in [-0.4, -0.2) is 43.5 Å². The van der Waals surface area contributed by atoms with Crippen molar-refractivity contribution in [1.82, 2.24) is 14.7 Å². The highest BCUT2D eigenvalue weighted by Crippen LogP contribution is 2.25. The number of pyridine rings is 1. The van der Waals surface area contributed by atoms with Crippen molar-refractivity contribution in [3.05, 3.63) is 24.8 Å². The zero-order valence-corrected chi connectivity index (χ0v) is 12.0. The molecular formula is C12H17N5O2S. The van der Waals surface area contributed by atoms with E-state index in [2.05, 4.69) is 22.1 Å². The molecule has 108 valence electrons. The highest BCUT2D eigenvalue weighted by molar-refractivity contribution is 7.89. The average Bonchev–Trinajstić information content (AvgIpc) is 2.84. The van der Waals surface area contributed by atoms with E-state index in [1.165, 1.54) is 6.20 Å². The Morgan fingerprint density at radius 1 is 1.50 bits per heavy atom. The second kappa shape index (κ2) is 4.72. The highest BCUT2D eigenvalue weighted by Gasteiger charge is 2.21. The molecule has 0 bridgehead atoms. The average molecular weight is 295 g/mol. The lowest BCUT2D eigenvalue weighted by Gasteiger charge is -2.34. The van der Waals surface area contributed by atoms with Gasteiger partial charge in [-0.1, -0.05) is 0 Å². The molecule has 2 aromatic rings. The molecule has 1 saturated heterocycles. The Labute approximate surface area is 117 Å². The first kappa shape index (κ1) is 13.3. The molecule has 0 spiro atoms. The van der Waals surface area contributed by atoms with Gasteiger partial charge in [-0.05, 0) is 13.0 Å². The van der Waals surface area contributed by atoms with Gasteiger partial charge in [0.2, 0.25) is 10.0 Å². The third-order valence-electron chi connectivity index (χ3n) is 3.51. The van der Waals surface area contributed by atoms with Crippen LogP contribution in [-0.2, 0) is 10.0 Å². The van der Waals surface area contributed by atoms with Crippen molar-refractivity contribution >= 4 is 21.2 Å². The van der Waals surface area contributed by atoms with Crippen LogP contribution in [0.15, 0.2) is 29.7 Å². The lowest BCUT2D eigenvalue weighted by Crippen LogP contribution is -2.49. The van der Waals surface area contributed by atoms with Gasteiger partial charge in [-0.15, -0.1) is 0 Å². The number of nitrogens with two attached hydrogens (primary N) is 1. The van der Waals surface area contributed by atoms with E-state index in [4.69, 9.17) is 5.14 Å². The van der Waals surface area contributed by atoms with E-state index in [1.807, 2.05) is 0 Å². The van der Waals surface area contributed by atoms with Gasteiger partial charge in [0.1, 0.15) is 4.90 Å². The second-order valence-electron chi connectivity index (χ2n) is 5.09. The SMILES string of the molecule is C[C@H]1CN(c2cc(S(N)(=O)=O)cn3cncc23)CCN1. The number of piperazine rings is 1. The molecule has 0 amide bonds. The highest BCUT2D eigenvalue weighted by atomic mass is 32.2. The van der Waals surface area contributed by atoms with Gasteiger partial charge in [-0.25, -0.2) is 18.5 Å². The third-order valence-corrected chi connectivity index (χ3v) is 4.39. The molecule has 3 heterocycles. The first-order valence-electron chi connectivity index (χ1n) is 6.42. The summed E-state index contributed by atoms with van der Waals surface area (Å²) in [6.45, 7) is 4.60. The van der Waals surface area contributed by atoms with E-state index in [0.29, 0.717) is 6.04 Å². The van der Waals surface area contributed by atoms with Crippen LogP contribution in [0.3, 0.4) is 0 Å². The van der Waals surface area contributed by atoms with Gasteiger partial charge in [-0.3, -0.25) is 0 Å². The minimum absolute atomic E-state index is 0.101. The maximum Gasteiger partial charge on any atom is 0.239 e. The Kier molecular flexibility index (Phi) is 3.15. The number of nitrogens with zero attached hydrogens (tertiary/aromatic N) is 3. The summed E-state index contributed by atoms with van der Waals surface area (Å²) in [6.07, 6.45) is 4.81. The van der Waals surface area contributed by atoms with Crippen molar-refractivity contribution < 1.29 is 8.42 Å². The summed E-state index contributed by atoms with van der Waals surface area (Å²) >= 11 is 0. The molecule has 7 nitrogen and oxygen atoms in total. The summed E-state index contributed by atoms with van der Waals surface area (Å²) in [6, 6.07) is 1.98. The molecule has 3 N–H and O–H groups in total. The molecule has 20 heavy (non-hydrogen) atoms. The zero-order chi connectivity index (χ0) is 14.3. The summed E-state index contributed by atoms with van der Waals surface area (Å²) in [5.74, 6) is 0. The Bertz CT molecular complexity index is 739. The number of primary sulfonamides is 1. The normalized spacial score (nSPS) is 20.5. The predicted molar refractivity (Wildman–Crippen MR) is 76.2 cm³/mol. The topological polar surface area (TPSA) is 92.7 Å². The van der Waals surface area contributed by atoms with Crippen molar-refractivity contribution in [3.8, 4) is 0 Å². The zero-order valence-electron chi connectivity index (χ0n) is 11.2. The molecule has 0 unspecified atom stereocenters. The van der Waals surface area contributed by atoms with Crippen LogP contribution in [0.25, 0.3) is 5.52 Å². The minimum Gasteiger partial charge on any atom is -0.367 e. The Balaban J connectivity index is 2.15. The van der Waals surface area contributed by atoms with E-state index in [-0.39, 0.29) is 4.90 Å². The molecule has 3 rings (SSSR count). The van der Waals surface area contributed by atoms with Crippen molar-refractivity contribution in [1.29, 1.82) is 0 Å². The number of fused-ring (bicyclic) bond motifs is 1. The number of hydrogen-bond acceptors (Lipinski definition) is 5. The second-order valence-corrected chi connectivity index (χ2v) is 6.65. The van der Waals surface area contributed by atoms with Crippen molar-refractivity contribution in [3.63, 3.8) is 0 Å². The summed E-state index contributed by atoms with van der Waals surface area (Å²) in [5.41, 5.74) is 1.73. The first-order valence-corrected chi connectivity index (χ1v) is 7.96. The number of anilines is 1. The van der Waals surface area contributed by atoms with Gasteiger partial charge in [0.15, 0.2) is 0 Å². The summed E-state index contributed by atoms with van der Waals surface area (Å²) in [4.78, 5) is 6.34. The van der Waals surface area contributed by atoms with Crippen LogP contribution in [0.1, 0.15) is 6.92 Å². The first-order chi connectivity index (χ1) is 9.45. The van der Waals surface area contributed by atoms with Crippen LogP contribution in [0, 0.1) is 0 Å². The lowest BCUT2D eigenvalue weighted by atomic mass is 10.2. The van der Waals surface area contributed by atoms with Crippen molar-refractivity contribution in [2.75, 3.05) is 24.5 Å². The summed E-state index contributed by atoms with van der Waals surface area (Å²) < 4.78 is 24.9. The number of hydrogen-bond donors (Lipinski definition) is 2. The van der Waals surface area contributed by atoms with E-state index in [1.54, 1.807) is 23.0 Å². The van der Waals surface area contributed by atoms with Gasteiger partial charge in [0.25, 0.3) is 0 Å². The van der Waals surface area contributed by atoms with Gasteiger partial charge in [-0.2, -0.15) is 0 Å². The monoisotopic (exact) mass is 295 g/mol. The maximum absolute atomic E-state index is 11.6. The summed E-state index contributed by atoms with van der Waals surface area (Å²) in [5, 5.41) is 8.61. The molecule has 0 aromatic carbocycles. The molecule has 1 aliphatic heterocycles. The van der Waals surface area contributed by atoms with Crippen LogP contribution in [0.4, 0.5) is 5.69 Å². The van der Waals surface area contributed by atoms with Gasteiger partial charge >= 0.3 is 0 Å². The fourth-order valence-electron chi connectivity index (χ4n) is 2.55. The molecule has 2 aromatic heterocycles. The maximum atomic E-state index is 11.6. The van der Waals surface area contributed by atoms with Crippen LogP contribution in [0.2, 0.25) is 0 Å². The van der Waals surface area contributed by atoms with E-state index in [9.17, 15) is 8.42 Å². The molecule has 1 aliphatic rings. The third kappa shape index (κ3) is 2.37. The Morgan fingerprint density at radius 3 is 3.00 bits per heavy atom. The van der Waals surface area contributed by atoms with Gasteiger partial charge < -0.3 is 14.6 Å². The Morgan fingerprint density at radius 2 is 2.30 bits per heavy atom.